The van der Waals surface area contributed by atoms with Crippen molar-refractivity contribution in [1.29, 1.82) is 0 Å². The molecule has 4 rings (SSSR count). The van der Waals surface area contributed by atoms with Gasteiger partial charge in [0.25, 0.3) is 11.5 Å². The average Bonchev–Trinajstić information content (AvgIpc) is 3.16. The van der Waals surface area contributed by atoms with Gasteiger partial charge >= 0.3 is 18.4 Å². The highest BCUT2D eigenvalue weighted by Gasteiger charge is 2.71. The van der Waals surface area contributed by atoms with E-state index in [4.69, 9.17) is 9.47 Å². The fourth-order valence-electron chi connectivity index (χ4n) is 4.70. The number of aliphatic hydroxyl groups is 1. The standard InChI is InChI=1S/C29H27F6IN4O5/c1-4-5-17-12-18(27(43,28(30,31)32)29(33,34)35)6-8-22(17)45-20-10-11-37-19(13-20)15-40-24(41)26(3,39-25(40)42)23-9-7-21(14-38-23)44-16(2)36/h6-14,16,43H,4-5,15H2,1-3H3,(H,39,42)/t16?,26-/m0/s1. The van der Waals surface area contributed by atoms with Crippen LogP contribution < -0.4 is 14.8 Å². The molecule has 2 aromatic heterocycles. The lowest BCUT2D eigenvalue weighted by atomic mass is 9.90. The summed E-state index contributed by atoms with van der Waals surface area (Å²) in [4.78, 5) is 35.6. The van der Waals surface area contributed by atoms with Crippen LogP contribution in [0.25, 0.3) is 0 Å². The summed E-state index contributed by atoms with van der Waals surface area (Å²) in [6, 6.07) is 7.26. The molecule has 1 unspecified atom stereocenters. The van der Waals surface area contributed by atoms with Crippen LogP contribution in [0.5, 0.6) is 17.2 Å². The van der Waals surface area contributed by atoms with Gasteiger partial charge in [-0.15, -0.1) is 0 Å². The third kappa shape index (κ3) is 6.80. The summed E-state index contributed by atoms with van der Waals surface area (Å²) in [7, 11) is 0. The van der Waals surface area contributed by atoms with Crippen molar-refractivity contribution in [2.45, 2.75) is 67.8 Å². The predicted octanol–water partition coefficient (Wildman–Crippen LogP) is 6.66. The molecule has 2 N–H and O–H groups in total. The first kappa shape index (κ1) is 34.2. The summed E-state index contributed by atoms with van der Waals surface area (Å²) in [6.45, 7) is 4.71. The van der Waals surface area contributed by atoms with Gasteiger partial charge in [0.15, 0.2) is 5.54 Å². The van der Waals surface area contributed by atoms with Crippen molar-refractivity contribution in [2.75, 3.05) is 0 Å². The summed E-state index contributed by atoms with van der Waals surface area (Å²) < 4.78 is 91.9. The van der Waals surface area contributed by atoms with Gasteiger partial charge in [0.2, 0.25) is 0 Å². The highest BCUT2D eigenvalue weighted by molar-refractivity contribution is 14.1. The number of nitrogens with zero attached hydrogens (tertiary/aromatic N) is 3. The Kier molecular flexibility index (Phi) is 9.59. The number of carbonyl (C=O) groups excluding carboxylic acids is 2. The molecule has 1 saturated heterocycles. The molecule has 45 heavy (non-hydrogen) atoms. The lowest BCUT2D eigenvalue weighted by Crippen LogP contribution is -2.53. The normalized spacial score (nSPS) is 18.2. The summed E-state index contributed by atoms with van der Waals surface area (Å²) in [5.74, 6) is -0.0928. The van der Waals surface area contributed by atoms with Crippen molar-refractivity contribution in [1.82, 2.24) is 20.2 Å². The number of nitrogens with one attached hydrogen (secondary N) is 1. The number of amides is 3. The number of benzene rings is 1. The Hall–Kier alpha value is -3.67. The number of carbonyl (C=O) groups is 2. The van der Waals surface area contributed by atoms with Crippen molar-refractivity contribution in [3.8, 4) is 17.2 Å². The lowest BCUT2D eigenvalue weighted by Gasteiger charge is -2.33. The Morgan fingerprint density at radius 2 is 1.71 bits per heavy atom. The number of aryl methyl sites for hydroxylation is 1. The van der Waals surface area contributed by atoms with Gasteiger partial charge in [-0.3, -0.25) is 19.7 Å². The van der Waals surface area contributed by atoms with E-state index in [1.165, 1.54) is 31.5 Å². The number of alkyl halides is 7. The minimum Gasteiger partial charge on any atom is -0.479 e. The topological polar surface area (TPSA) is 114 Å². The van der Waals surface area contributed by atoms with Gasteiger partial charge in [-0.2, -0.15) is 26.3 Å². The monoisotopic (exact) mass is 752 g/mol. The van der Waals surface area contributed by atoms with E-state index in [-0.39, 0.29) is 45.5 Å². The van der Waals surface area contributed by atoms with Crippen LogP contribution in [0, 0.1) is 0 Å². The summed E-state index contributed by atoms with van der Waals surface area (Å²) in [5, 5.41) is 12.5. The Morgan fingerprint density at radius 3 is 2.29 bits per heavy atom. The summed E-state index contributed by atoms with van der Waals surface area (Å²) >= 11 is 2.07. The molecule has 0 saturated carbocycles. The van der Waals surface area contributed by atoms with Gasteiger partial charge in [0, 0.05) is 17.8 Å². The SMILES string of the molecule is CCCc1cc(C(O)(C(F)(F)F)C(F)(F)F)ccc1Oc1ccnc(CN2C(=O)N[C@@](C)(c3ccc(OC(C)I)cn3)C2=O)c1. The molecule has 3 amide bonds. The minimum atomic E-state index is -6.03. The predicted molar refractivity (Wildman–Crippen MR) is 156 cm³/mol. The second-order valence-electron chi connectivity index (χ2n) is 10.3. The Balaban J connectivity index is 1.56. The van der Waals surface area contributed by atoms with Crippen LogP contribution >= 0.6 is 22.6 Å². The zero-order valence-electron chi connectivity index (χ0n) is 24.0. The van der Waals surface area contributed by atoms with E-state index in [0.29, 0.717) is 24.3 Å². The summed E-state index contributed by atoms with van der Waals surface area (Å²) in [5.41, 5.74) is -7.50. The number of urea groups is 1. The largest absolute Gasteiger partial charge is 0.479 e. The van der Waals surface area contributed by atoms with Gasteiger partial charge < -0.3 is 19.9 Å². The molecule has 1 aromatic carbocycles. The fourth-order valence-corrected chi connectivity index (χ4v) is 4.99. The molecule has 1 aliphatic heterocycles. The molecule has 1 aliphatic rings. The number of hydrogen-bond donors (Lipinski definition) is 2. The van der Waals surface area contributed by atoms with Gasteiger partial charge in [0.1, 0.15) is 21.4 Å². The van der Waals surface area contributed by atoms with Crippen molar-refractivity contribution in [2.24, 2.45) is 0 Å². The first-order chi connectivity index (χ1) is 20.9. The molecule has 3 heterocycles. The van der Waals surface area contributed by atoms with E-state index in [2.05, 4.69) is 37.9 Å². The average molecular weight is 752 g/mol. The molecule has 3 aromatic rings. The van der Waals surface area contributed by atoms with Crippen molar-refractivity contribution in [3.05, 3.63) is 77.4 Å². The van der Waals surface area contributed by atoms with E-state index in [9.17, 15) is 41.0 Å². The molecule has 0 bridgehead atoms. The van der Waals surface area contributed by atoms with E-state index in [1.807, 2.05) is 6.92 Å². The second kappa shape index (κ2) is 12.6. The van der Waals surface area contributed by atoms with Gasteiger partial charge in [-0.05, 0) is 78.8 Å². The maximum atomic E-state index is 13.4. The minimum absolute atomic E-state index is 0.0120. The van der Waals surface area contributed by atoms with Gasteiger partial charge in [-0.25, -0.2) is 4.79 Å². The number of imide groups is 1. The van der Waals surface area contributed by atoms with Crippen LogP contribution in [0.15, 0.2) is 54.9 Å². The van der Waals surface area contributed by atoms with Crippen molar-refractivity contribution in [3.63, 3.8) is 0 Å². The molecular formula is C29H27F6IN4O5. The summed E-state index contributed by atoms with van der Waals surface area (Å²) in [6.07, 6.45) is -8.96. The Labute approximate surface area is 267 Å². The van der Waals surface area contributed by atoms with E-state index >= 15 is 0 Å². The molecular weight excluding hydrogens is 725 g/mol. The molecule has 0 aliphatic carbocycles. The zero-order chi connectivity index (χ0) is 33.4. The van der Waals surface area contributed by atoms with Crippen LogP contribution in [-0.4, -0.2) is 48.4 Å². The molecule has 1 fully saturated rings. The lowest BCUT2D eigenvalue weighted by molar-refractivity contribution is -0.376. The maximum absolute atomic E-state index is 13.4. The molecule has 0 spiro atoms. The quantitative estimate of drug-likeness (QED) is 0.103. The smallest absolute Gasteiger partial charge is 0.430 e. The van der Waals surface area contributed by atoms with Crippen molar-refractivity contribution >= 4 is 34.5 Å². The number of rotatable bonds is 10. The molecule has 9 nitrogen and oxygen atoms in total. The number of hydrogen-bond acceptors (Lipinski definition) is 7. The second-order valence-corrected chi connectivity index (χ2v) is 12.1. The van der Waals surface area contributed by atoms with E-state index < -0.39 is 41.0 Å². The first-order valence-electron chi connectivity index (χ1n) is 13.4. The molecule has 242 valence electrons. The van der Waals surface area contributed by atoms with Gasteiger partial charge in [0.05, 0.1) is 24.1 Å². The Bertz CT molecular complexity index is 1550. The number of halogens is 7. The number of ether oxygens (including phenoxy) is 2. The highest BCUT2D eigenvalue weighted by atomic mass is 127. The molecule has 16 heteroatoms. The number of aromatic nitrogens is 2. The fraction of sp³-hybridized carbons (Fsp3) is 0.379. The number of pyridine rings is 2. The van der Waals surface area contributed by atoms with Crippen LogP contribution in [0.3, 0.4) is 0 Å². The van der Waals surface area contributed by atoms with Crippen LogP contribution in [0.2, 0.25) is 0 Å². The van der Waals surface area contributed by atoms with E-state index in [1.54, 1.807) is 19.1 Å². The molecule has 2 atom stereocenters. The maximum Gasteiger partial charge on any atom is 0.430 e. The zero-order valence-corrected chi connectivity index (χ0v) is 26.1. The highest BCUT2D eigenvalue weighted by Crippen LogP contribution is 2.50. The Morgan fingerprint density at radius 1 is 1.02 bits per heavy atom. The van der Waals surface area contributed by atoms with Gasteiger partial charge in [-0.1, -0.05) is 19.4 Å². The third-order valence-corrected chi connectivity index (χ3v) is 7.23. The van der Waals surface area contributed by atoms with Crippen LogP contribution in [-0.2, 0) is 28.9 Å². The first-order valence-corrected chi connectivity index (χ1v) is 14.7. The van der Waals surface area contributed by atoms with Crippen LogP contribution in [0.4, 0.5) is 31.1 Å². The molecule has 0 radical (unpaired) electrons. The van der Waals surface area contributed by atoms with Crippen LogP contribution in [0.1, 0.15) is 49.7 Å². The van der Waals surface area contributed by atoms with Crippen molar-refractivity contribution < 1.29 is 50.5 Å². The van der Waals surface area contributed by atoms with E-state index in [0.717, 1.165) is 11.0 Å². The third-order valence-electron chi connectivity index (χ3n) is 6.98.